The maximum Gasteiger partial charge on any atom is 0.167 e. The minimum absolute atomic E-state index is 0.0211. The Morgan fingerprint density at radius 2 is 1.95 bits per heavy atom. The van der Waals surface area contributed by atoms with Crippen LogP contribution in [0.1, 0.15) is 33.5 Å². The number of ketones is 1. The molecule has 0 unspecified atom stereocenters. The van der Waals surface area contributed by atoms with Crippen molar-refractivity contribution in [1.82, 2.24) is 0 Å². The highest BCUT2D eigenvalue weighted by atomic mass is 35.5. The largest absolute Gasteiger partial charge is 0.294 e. The monoisotopic (exact) mass is 288 g/mol. The van der Waals surface area contributed by atoms with Gasteiger partial charge in [-0.05, 0) is 48.1 Å². The molecule has 3 rings (SSSR count). The van der Waals surface area contributed by atoms with Crippen molar-refractivity contribution >= 4 is 17.4 Å². The van der Waals surface area contributed by atoms with Gasteiger partial charge in [0.05, 0.1) is 5.02 Å². The molecule has 0 fully saturated rings. The van der Waals surface area contributed by atoms with Gasteiger partial charge >= 0.3 is 0 Å². The SMILES string of the molecule is O=C(Cc1cccc(F)c1Cl)c1ccc2c(c1)CCC2. The molecule has 0 saturated carbocycles. The average Bonchev–Trinajstić information content (AvgIpc) is 2.91. The minimum atomic E-state index is -0.481. The highest BCUT2D eigenvalue weighted by Gasteiger charge is 2.15. The lowest BCUT2D eigenvalue weighted by molar-refractivity contribution is 0.0993. The number of halogens is 2. The molecule has 0 atom stereocenters. The van der Waals surface area contributed by atoms with Crippen molar-refractivity contribution in [3.05, 3.63) is 69.5 Å². The van der Waals surface area contributed by atoms with Gasteiger partial charge in [-0.3, -0.25) is 4.79 Å². The van der Waals surface area contributed by atoms with Crippen LogP contribution >= 0.6 is 11.6 Å². The van der Waals surface area contributed by atoms with Crippen LogP contribution in [0.5, 0.6) is 0 Å². The van der Waals surface area contributed by atoms with Gasteiger partial charge in [0.2, 0.25) is 0 Å². The molecule has 0 saturated heterocycles. The van der Waals surface area contributed by atoms with E-state index in [0.29, 0.717) is 11.1 Å². The Morgan fingerprint density at radius 3 is 2.80 bits per heavy atom. The summed E-state index contributed by atoms with van der Waals surface area (Å²) in [4.78, 5) is 12.3. The first kappa shape index (κ1) is 13.3. The number of hydrogen-bond donors (Lipinski definition) is 0. The Morgan fingerprint density at radius 1 is 1.15 bits per heavy atom. The Bertz CT molecular complexity index is 679. The zero-order chi connectivity index (χ0) is 14.1. The standard InChI is InChI=1S/C17H14ClFO/c18-17-14(5-2-6-15(17)19)10-16(20)13-8-7-11-3-1-4-12(11)9-13/h2,5-9H,1,3-4,10H2. The molecule has 0 aliphatic heterocycles. The predicted octanol–water partition coefficient (Wildman–Crippen LogP) is 4.39. The van der Waals surface area contributed by atoms with E-state index in [9.17, 15) is 9.18 Å². The first-order valence-electron chi connectivity index (χ1n) is 6.73. The molecular formula is C17H14ClFO. The number of Topliss-reactive ketones (excluding diaryl/α,β-unsaturated/α-hetero) is 1. The van der Waals surface area contributed by atoms with Crippen molar-refractivity contribution in [2.75, 3.05) is 0 Å². The number of hydrogen-bond acceptors (Lipinski definition) is 1. The minimum Gasteiger partial charge on any atom is -0.294 e. The normalized spacial score (nSPS) is 13.3. The smallest absolute Gasteiger partial charge is 0.167 e. The quantitative estimate of drug-likeness (QED) is 0.766. The first-order chi connectivity index (χ1) is 9.65. The van der Waals surface area contributed by atoms with Gasteiger partial charge in [0.15, 0.2) is 5.78 Å². The van der Waals surface area contributed by atoms with E-state index < -0.39 is 5.82 Å². The molecule has 2 aromatic rings. The van der Waals surface area contributed by atoms with E-state index in [-0.39, 0.29) is 17.2 Å². The summed E-state index contributed by atoms with van der Waals surface area (Å²) in [5.41, 5.74) is 3.83. The molecule has 3 heteroatoms. The van der Waals surface area contributed by atoms with Crippen LogP contribution in [0.3, 0.4) is 0 Å². The van der Waals surface area contributed by atoms with Crippen molar-refractivity contribution in [2.24, 2.45) is 0 Å². The predicted molar refractivity (Wildman–Crippen MR) is 77.9 cm³/mol. The third kappa shape index (κ3) is 2.48. The van der Waals surface area contributed by atoms with Gasteiger partial charge in [0.1, 0.15) is 5.82 Å². The molecule has 0 bridgehead atoms. The van der Waals surface area contributed by atoms with Crippen LogP contribution < -0.4 is 0 Å². The van der Waals surface area contributed by atoms with Crippen LogP contribution in [0.2, 0.25) is 5.02 Å². The van der Waals surface area contributed by atoms with Crippen LogP contribution in [-0.4, -0.2) is 5.78 Å². The van der Waals surface area contributed by atoms with Crippen molar-refractivity contribution < 1.29 is 9.18 Å². The molecular weight excluding hydrogens is 275 g/mol. The third-order valence-electron chi connectivity index (χ3n) is 3.80. The second-order valence-corrected chi connectivity index (χ2v) is 5.53. The van der Waals surface area contributed by atoms with Crippen molar-refractivity contribution in [3.63, 3.8) is 0 Å². The molecule has 0 N–H and O–H groups in total. The molecule has 0 spiro atoms. The lowest BCUT2D eigenvalue weighted by atomic mass is 9.99. The van der Waals surface area contributed by atoms with E-state index in [4.69, 9.17) is 11.6 Å². The summed E-state index contributed by atoms with van der Waals surface area (Å²) in [5, 5.41) is 0.0435. The molecule has 1 nitrogen and oxygen atoms in total. The molecule has 0 heterocycles. The van der Waals surface area contributed by atoms with Crippen molar-refractivity contribution in [2.45, 2.75) is 25.7 Å². The van der Waals surface area contributed by atoms with Gasteiger partial charge in [-0.25, -0.2) is 4.39 Å². The van der Waals surface area contributed by atoms with Gasteiger partial charge in [-0.2, -0.15) is 0 Å². The second kappa shape index (κ2) is 5.37. The topological polar surface area (TPSA) is 17.1 Å². The number of fused-ring (bicyclic) bond motifs is 1. The fourth-order valence-electron chi connectivity index (χ4n) is 2.71. The van der Waals surface area contributed by atoms with Gasteiger partial charge in [-0.1, -0.05) is 35.9 Å². The maximum absolute atomic E-state index is 13.4. The van der Waals surface area contributed by atoms with E-state index in [2.05, 4.69) is 0 Å². The Hall–Kier alpha value is -1.67. The summed E-state index contributed by atoms with van der Waals surface area (Å²) in [5.74, 6) is -0.502. The van der Waals surface area contributed by atoms with E-state index in [1.807, 2.05) is 18.2 Å². The van der Waals surface area contributed by atoms with E-state index >= 15 is 0 Å². The van der Waals surface area contributed by atoms with Crippen LogP contribution in [0, 0.1) is 5.82 Å². The number of benzene rings is 2. The molecule has 1 aliphatic rings. The summed E-state index contributed by atoms with van der Waals surface area (Å²) in [7, 11) is 0. The molecule has 0 aromatic heterocycles. The summed E-state index contributed by atoms with van der Waals surface area (Å²) < 4.78 is 13.4. The zero-order valence-corrected chi connectivity index (χ0v) is 11.7. The van der Waals surface area contributed by atoms with Crippen LogP contribution in [0.4, 0.5) is 4.39 Å². The van der Waals surface area contributed by atoms with Crippen molar-refractivity contribution in [1.29, 1.82) is 0 Å². The Kier molecular flexibility index (Phi) is 3.58. The molecule has 1 aliphatic carbocycles. The maximum atomic E-state index is 13.4. The molecule has 102 valence electrons. The Labute approximate surface area is 122 Å². The first-order valence-corrected chi connectivity index (χ1v) is 7.11. The second-order valence-electron chi connectivity index (χ2n) is 5.15. The van der Waals surface area contributed by atoms with E-state index in [1.165, 1.54) is 17.2 Å². The average molecular weight is 289 g/mol. The molecule has 0 amide bonds. The fraction of sp³-hybridized carbons (Fsp3) is 0.235. The lowest BCUT2D eigenvalue weighted by Crippen LogP contribution is -2.05. The van der Waals surface area contributed by atoms with Gasteiger partial charge in [0.25, 0.3) is 0 Å². The zero-order valence-electron chi connectivity index (χ0n) is 11.0. The van der Waals surface area contributed by atoms with Crippen LogP contribution in [0.15, 0.2) is 36.4 Å². The number of aryl methyl sites for hydroxylation is 2. The lowest BCUT2D eigenvalue weighted by Gasteiger charge is -2.06. The molecule has 2 aromatic carbocycles. The van der Waals surface area contributed by atoms with E-state index in [0.717, 1.165) is 19.3 Å². The summed E-state index contributed by atoms with van der Waals surface area (Å²) in [6, 6.07) is 10.4. The highest BCUT2D eigenvalue weighted by Crippen LogP contribution is 2.25. The van der Waals surface area contributed by atoms with Gasteiger partial charge in [0, 0.05) is 12.0 Å². The van der Waals surface area contributed by atoms with Crippen molar-refractivity contribution in [3.8, 4) is 0 Å². The van der Waals surface area contributed by atoms with Gasteiger partial charge < -0.3 is 0 Å². The highest BCUT2D eigenvalue weighted by molar-refractivity contribution is 6.31. The fourth-order valence-corrected chi connectivity index (χ4v) is 2.90. The molecule has 20 heavy (non-hydrogen) atoms. The third-order valence-corrected chi connectivity index (χ3v) is 4.23. The number of carbonyl (C=O) groups is 1. The summed E-state index contributed by atoms with van der Waals surface area (Å²) in [6.45, 7) is 0. The van der Waals surface area contributed by atoms with E-state index in [1.54, 1.807) is 12.1 Å². The number of rotatable bonds is 3. The Balaban J connectivity index is 1.84. The van der Waals surface area contributed by atoms with Crippen LogP contribution in [0.25, 0.3) is 0 Å². The van der Waals surface area contributed by atoms with Crippen LogP contribution in [-0.2, 0) is 19.3 Å². The molecule has 0 radical (unpaired) electrons. The summed E-state index contributed by atoms with van der Waals surface area (Å²) in [6.07, 6.45) is 3.43. The summed E-state index contributed by atoms with van der Waals surface area (Å²) >= 11 is 5.89. The van der Waals surface area contributed by atoms with Gasteiger partial charge in [-0.15, -0.1) is 0 Å². The number of carbonyl (C=O) groups excluding carboxylic acids is 1.